The Bertz CT molecular complexity index is 791. The van der Waals surface area contributed by atoms with Crippen LogP contribution in [0, 0.1) is 6.92 Å². The van der Waals surface area contributed by atoms with Crippen LogP contribution in [0.2, 0.25) is 0 Å². The molecule has 2 saturated heterocycles. The number of nitrogens with one attached hydrogen (secondary N) is 1. The Balaban J connectivity index is 1.32. The highest BCUT2D eigenvalue weighted by Gasteiger charge is 2.39. The van der Waals surface area contributed by atoms with E-state index in [0.29, 0.717) is 25.3 Å². The van der Waals surface area contributed by atoms with Gasteiger partial charge in [-0.25, -0.2) is 4.98 Å². The maximum atomic E-state index is 12.2. The number of nitrogens with zero attached hydrogens (tertiary/aromatic N) is 2. The monoisotopic (exact) mass is 367 g/mol. The van der Waals surface area contributed by atoms with Gasteiger partial charge < -0.3 is 19.7 Å². The number of hydrogen-bond donors (Lipinski definition) is 1. The number of hydrogen-bond acceptors (Lipinski definition) is 5. The number of piperidine rings is 1. The van der Waals surface area contributed by atoms with E-state index in [4.69, 9.17) is 9.47 Å². The minimum atomic E-state index is -0.375. The van der Waals surface area contributed by atoms with Gasteiger partial charge in [0.1, 0.15) is 5.82 Å². The van der Waals surface area contributed by atoms with Crippen LogP contribution in [0.5, 0.6) is 0 Å². The molecule has 2 fully saturated rings. The molecule has 2 aliphatic rings. The molecule has 1 spiro atoms. The molecule has 0 unspecified atom stereocenters. The van der Waals surface area contributed by atoms with Crippen molar-refractivity contribution in [1.82, 2.24) is 4.98 Å². The Morgan fingerprint density at radius 3 is 2.63 bits per heavy atom. The number of pyridine rings is 1. The van der Waals surface area contributed by atoms with Crippen LogP contribution in [0.3, 0.4) is 0 Å². The van der Waals surface area contributed by atoms with E-state index in [1.807, 2.05) is 43.3 Å². The van der Waals surface area contributed by atoms with Gasteiger partial charge >= 0.3 is 0 Å². The zero-order valence-electron chi connectivity index (χ0n) is 15.6. The summed E-state index contributed by atoms with van der Waals surface area (Å²) >= 11 is 0. The molecule has 27 heavy (non-hydrogen) atoms. The summed E-state index contributed by atoms with van der Waals surface area (Å²) in [6.07, 6.45) is 3.78. The van der Waals surface area contributed by atoms with Crippen LogP contribution in [0.15, 0.2) is 42.6 Å². The van der Waals surface area contributed by atoms with Gasteiger partial charge in [-0.2, -0.15) is 0 Å². The quantitative estimate of drug-likeness (QED) is 0.900. The highest BCUT2D eigenvalue weighted by Crippen LogP contribution is 2.32. The predicted octanol–water partition coefficient (Wildman–Crippen LogP) is 2.91. The van der Waals surface area contributed by atoms with E-state index in [9.17, 15) is 4.79 Å². The number of carbonyl (C=O) groups excluding carboxylic acids is 1. The second kappa shape index (κ2) is 7.66. The summed E-state index contributed by atoms with van der Waals surface area (Å²) < 4.78 is 11.5. The third kappa shape index (κ3) is 4.28. The maximum Gasteiger partial charge on any atom is 0.228 e. The van der Waals surface area contributed by atoms with Gasteiger partial charge in [-0.1, -0.05) is 29.8 Å². The van der Waals surface area contributed by atoms with Crippen LogP contribution in [0.1, 0.15) is 24.0 Å². The number of anilines is 2. The first kappa shape index (κ1) is 17.9. The largest absolute Gasteiger partial charge is 0.356 e. The van der Waals surface area contributed by atoms with Gasteiger partial charge in [0.2, 0.25) is 5.91 Å². The Hall–Kier alpha value is -2.44. The van der Waals surface area contributed by atoms with Crippen molar-refractivity contribution < 1.29 is 14.3 Å². The van der Waals surface area contributed by atoms with Crippen molar-refractivity contribution in [3.8, 4) is 0 Å². The van der Waals surface area contributed by atoms with E-state index in [1.165, 1.54) is 0 Å². The predicted molar refractivity (Wildman–Crippen MR) is 104 cm³/mol. The first-order chi connectivity index (χ1) is 13.1. The second-order valence-electron chi connectivity index (χ2n) is 7.21. The van der Waals surface area contributed by atoms with Gasteiger partial charge in [-0.3, -0.25) is 4.79 Å². The zero-order valence-corrected chi connectivity index (χ0v) is 15.6. The molecule has 2 aromatic rings. The highest BCUT2D eigenvalue weighted by atomic mass is 16.7. The van der Waals surface area contributed by atoms with Crippen molar-refractivity contribution >= 4 is 17.4 Å². The fourth-order valence-corrected chi connectivity index (χ4v) is 3.72. The van der Waals surface area contributed by atoms with Gasteiger partial charge in [0.15, 0.2) is 5.79 Å². The smallest absolute Gasteiger partial charge is 0.228 e. The third-order valence-electron chi connectivity index (χ3n) is 5.14. The molecule has 2 aliphatic heterocycles. The average molecular weight is 367 g/mol. The van der Waals surface area contributed by atoms with E-state index >= 15 is 0 Å². The molecule has 1 N–H and O–H groups in total. The maximum absolute atomic E-state index is 12.2. The number of rotatable bonds is 4. The Kier molecular flexibility index (Phi) is 5.09. The van der Waals surface area contributed by atoms with E-state index in [0.717, 1.165) is 42.9 Å². The fraction of sp³-hybridized carbons (Fsp3) is 0.429. The van der Waals surface area contributed by atoms with Crippen molar-refractivity contribution in [1.29, 1.82) is 0 Å². The van der Waals surface area contributed by atoms with Crippen LogP contribution in [0.4, 0.5) is 11.5 Å². The van der Waals surface area contributed by atoms with E-state index in [-0.39, 0.29) is 11.7 Å². The topological polar surface area (TPSA) is 63.7 Å². The molecular weight excluding hydrogens is 342 g/mol. The molecular formula is C21H25N3O3. The summed E-state index contributed by atoms with van der Waals surface area (Å²) in [5.41, 5.74) is 2.88. The molecule has 6 nitrogen and oxygen atoms in total. The van der Waals surface area contributed by atoms with Crippen LogP contribution in [-0.2, 0) is 20.7 Å². The van der Waals surface area contributed by atoms with Crippen LogP contribution in [-0.4, -0.2) is 43.0 Å². The molecule has 4 rings (SSSR count). The SMILES string of the molecule is Cc1cccc(CC(=O)Nc2ccc(N3CCC4(CC3)OCCO4)nc2)c1. The first-order valence-corrected chi connectivity index (χ1v) is 9.46. The zero-order chi connectivity index (χ0) is 18.7. The summed E-state index contributed by atoms with van der Waals surface area (Å²) in [6.45, 7) is 5.11. The Morgan fingerprint density at radius 1 is 1.19 bits per heavy atom. The molecule has 142 valence electrons. The first-order valence-electron chi connectivity index (χ1n) is 9.46. The number of aryl methyl sites for hydroxylation is 1. The molecule has 1 aromatic heterocycles. The number of ether oxygens (including phenoxy) is 2. The molecule has 0 radical (unpaired) electrons. The molecule has 1 amide bonds. The number of aromatic nitrogens is 1. The van der Waals surface area contributed by atoms with Crippen molar-refractivity contribution in [2.75, 3.05) is 36.5 Å². The average Bonchev–Trinajstić information content (AvgIpc) is 3.11. The molecule has 0 bridgehead atoms. The van der Waals surface area contributed by atoms with Crippen molar-refractivity contribution in [3.05, 3.63) is 53.7 Å². The summed E-state index contributed by atoms with van der Waals surface area (Å²) in [6, 6.07) is 11.9. The lowest BCUT2D eigenvalue weighted by Gasteiger charge is -2.38. The molecule has 1 aromatic carbocycles. The van der Waals surface area contributed by atoms with Gasteiger partial charge in [-0.05, 0) is 24.6 Å². The molecule has 3 heterocycles. The lowest BCUT2D eigenvalue weighted by atomic mass is 10.0. The molecule has 6 heteroatoms. The Morgan fingerprint density at radius 2 is 1.96 bits per heavy atom. The molecule has 0 saturated carbocycles. The van der Waals surface area contributed by atoms with Gasteiger partial charge in [-0.15, -0.1) is 0 Å². The van der Waals surface area contributed by atoms with Gasteiger partial charge in [0, 0.05) is 25.9 Å². The minimum Gasteiger partial charge on any atom is -0.356 e. The lowest BCUT2D eigenvalue weighted by molar-refractivity contribution is -0.169. The molecule has 0 aliphatic carbocycles. The van der Waals surface area contributed by atoms with Crippen molar-refractivity contribution in [3.63, 3.8) is 0 Å². The van der Waals surface area contributed by atoms with Crippen molar-refractivity contribution in [2.24, 2.45) is 0 Å². The van der Waals surface area contributed by atoms with Crippen molar-refractivity contribution in [2.45, 2.75) is 32.0 Å². The van der Waals surface area contributed by atoms with Crippen LogP contribution in [0.25, 0.3) is 0 Å². The number of carbonyl (C=O) groups is 1. The summed E-state index contributed by atoms with van der Waals surface area (Å²) in [4.78, 5) is 19.0. The second-order valence-corrected chi connectivity index (χ2v) is 7.21. The number of amides is 1. The van der Waals surface area contributed by atoms with Gasteiger partial charge in [0.25, 0.3) is 0 Å². The summed E-state index contributed by atoms with van der Waals surface area (Å²) in [7, 11) is 0. The van der Waals surface area contributed by atoms with Crippen LogP contribution >= 0.6 is 0 Å². The van der Waals surface area contributed by atoms with E-state index < -0.39 is 0 Å². The van der Waals surface area contributed by atoms with Crippen LogP contribution < -0.4 is 10.2 Å². The normalized spacial score (nSPS) is 18.6. The number of benzene rings is 1. The lowest BCUT2D eigenvalue weighted by Crippen LogP contribution is -2.45. The minimum absolute atomic E-state index is 0.0365. The van der Waals surface area contributed by atoms with Gasteiger partial charge in [0.05, 0.1) is 31.5 Å². The summed E-state index contributed by atoms with van der Waals surface area (Å²) in [5.74, 6) is 0.505. The Labute approximate surface area is 159 Å². The third-order valence-corrected chi connectivity index (χ3v) is 5.14. The summed E-state index contributed by atoms with van der Waals surface area (Å²) in [5, 5.41) is 2.92. The van der Waals surface area contributed by atoms with E-state index in [1.54, 1.807) is 6.20 Å². The van der Waals surface area contributed by atoms with E-state index in [2.05, 4.69) is 15.2 Å². The fourth-order valence-electron chi connectivity index (χ4n) is 3.72. The molecule has 0 atom stereocenters. The standard InChI is InChI=1S/C21H25N3O3/c1-16-3-2-4-17(13-16)14-20(25)23-18-5-6-19(22-15-18)24-9-7-21(8-10-24)26-11-12-27-21/h2-6,13,15H,7-12,14H2,1H3,(H,23,25). The highest BCUT2D eigenvalue weighted by molar-refractivity contribution is 5.92.